The van der Waals surface area contributed by atoms with Crippen molar-refractivity contribution in [3.05, 3.63) is 30.1 Å². The van der Waals surface area contributed by atoms with Gasteiger partial charge in [0.05, 0.1) is 0 Å². The molecule has 1 heterocycles. The van der Waals surface area contributed by atoms with Gasteiger partial charge in [-0.25, -0.2) is 0 Å². The van der Waals surface area contributed by atoms with E-state index in [4.69, 9.17) is 0 Å². The number of rotatable bonds is 6. The van der Waals surface area contributed by atoms with E-state index in [1.165, 1.54) is 19.3 Å². The van der Waals surface area contributed by atoms with Crippen LogP contribution in [0.3, 0.4) is 0 Å². The monoisotopic (exact) mass is 369 g/mol. The maximum Gasteiger partial charge on any atom is 0.243 e. The van der Waals surface area contributed by atoms with Crippen molar-refractivity contribution in [3.8, 4) is 0 Å². The minimum Gasteiger partial charge on any atom is -0.350 e. The Morgan fingerprint density at radius 2 is 1.78 bits per heavy atom. The van der Waals surface area contributed by atoms with Gasteiger partial charge in [-0.1, -0.05) is 19.9 Å². The molecule has 0 radical (unpaired) electrons. The Bertz CT molecular complexity index is 665. The van der Waals surface area contributed by atoms with Gasteiger partial charge in [0.1, 0.15) is 6.04 Å². The smallest absolute Gasteiger partial charge is 0.243 e. The first-order valence-electron chi connectivity index (χ1n) is 10.4. The molecule has 1 aromatic rings. The fourth-order valence-electron chi connectivity index (χ4n) is 6.02. The molecule has 4 aliphatic carbocycles. The minimum absolute atomic E-state index is 0.0526. The Balaban J connectivity index is 1.40. The third-order valence-corrected chi connectivity index (χ3v) is 6.95. The molecule has 1 atom stereocenters. The number of hydrogen-bond acceptors (Lipinski definition) is 3. The molecule has 0 aliphatic heterocycles. The Labute approximate surface area is 161 Å². The van der Waals surface area contributed by atoms with Crippen LogP contribution in [0.15, 0.2) is 24.5 Å². The molecule has 1 unspecified atom stereocenters. The summed E-state index contributed by atoms with van der Waals surface area (Å²) in [5.74, 6) is 2.23. The average Bonchev–Trinajstić information content (AvgIpc) is 2.63. The number of nitrogens with zero attached hydrogens (tertiary/aromatic N) is 1. The van der Waals surface area contributed by atoms with E-state index in [0.717, 1.165) is 42.6 Å². The molecule has 146 valence electrons. The Kier molecular flexibility index (Phi) is 4.95. The number of hydrogen-bond donors (Lipinski definition) is 2. The molecule has 27 heavy (non-hydrogen) atoms. The number of amides is 2. The lowest BCUT2D eigenvalue weighted by atomic mass is 9.49. The molecule has 5 heteroatoms. The van der Waals surface area contributed by atoms with Crippen molar-refractivity contribution in [2.24, 2.45) is 29.1 Å². The highest BCUT2D eigenvalue weighted by atomic mass is 16.2. The summed E-state index contributed by atoms with van der Waals surface area (Å²) in [7, 11) is 0. The second-order valence-corrected chi connectivity index (χ2v) is 9.47. The van der Waals surface area contributed by atoms with Crippen LogP contribution in [0.25, 0.3) is 0 Å². The minimum atomic E-state index is -0.484. The van der Waals surface area contributed by atoms with Gasteiger partial charge in [0, 0.05) is 24.4 Å². The van der Waals surface area contributed by atoms with E-state index in [9.17, 15) is 9.59 Å². The Morgan fingerprint density at radius 1 is 1.15 bits per heavy atom. The molecule has 1 aromatic heterocycles. The zero-order valence-corrected chi connectivity index (χ0v) is 16.4. The van der Waals surface area contributed by atoms with Crippen LogP contribution in [-0.2, 0) is 16.1 Å². The number of carbonyl (C=O) groups is 2. The van der Waals surface area contributed by atoms with Crippen molar-refractivity contribution in [3.63, 3.8) is 0 Å². The molecule has 0 aromatic carbocycles. The lowest BCUT2D eigenvalue weighted by Crippen LogP contribution is -2.58. The van der Waals surface area contributed by atoms with Crippen LogP contribution in [0.1, 0.15) is 57.9 Å². The van der Waals surface area contributed by atoms with Crippen molar-refractivity contribution in [2.75, 3.05) is 0 Å². The normalized spacial score (nSPS) is 32.3. The number of pyridine rings is 1. The molecule has 0 saturated heterocycles. The van der Waals surface area contributed by atoms with Crippen LogP contribution in [0, 0.1) is 29.1 Å². The number of aromatic nitrogens is 1. The Hall–Kier alpha value is -1.91. The number of carbonyl (C=O) groups excluding carboxylic acids is 2. The van der Waals surface area contributed by atoms with E-state index in [1.807, 2.05) is 26.0 Å². The molecule has 4 saturated carbocycles. The van der Waals surface area contributed by atoms with E-state index in [2.05, 4.69) is 15.6 Å². The summed E-state index contributed by atoms with van der Waals surface area (Å²) >= 11 is 0. The van der Waals surface area contributed by atoms with Gasteiger partial charge in [-0.2, -0.15) is 0 Å². The fourth-order valence-corrected chi connectivity index (χ4v) is 6.02. The summed E-state index contributed by atoms with van der Waals surface area (Å²) in [5.41, 5.74) is 0.742. The third-order valence-electron chi connectivity index (χ3n) is 6.95. The molecular formula is C22H31N3O2. The highest BCUT2D eigenvalue weighted by Crippen LogP contribution is 2.60. The quantitative estimate of drug-likeness (QED) is 0.810. The fraction of sp³-hybridized carbons (Fsp3) is 0.682. The van der Waals surface area contributed by atoms with Gasteiger partial charge in [0.2, 0.25) is 11.8 Å². The van der Waals surface area contributed by atoms with E-state index in [-0.39, 0.29) is 23.1 Å². The average molecular weight is 370 g/mol. The van der Waals surface area contributed by atoms with Gasteiger partial charge in [-0.15, -0.1) is 0 Å². The van der Waals surface area contributed by atoms with Crippen molar-refractivity contribution in [1.82, 2.24) is 15.6 Å². The van der Waals surface area contributed by atoms with Gasteiger partial charge < -0.3 is 10.6 Å². The maximum absolute atomic E-state index is 13.3. The van der Waals surface area contributed by atoms with Crippen LogP contribution in [0.2, 0.25) is 0 Å². The van der Waals surface area contributed by atoms with Gasteiger partial charge in [-0.05, 0) is 73.8 Å². The predicted molar refractivity (Wildman–Crippen MR) is 103 cm³/mol. The predicted octanol–water partition coefficient (Wildman–Crippen LogP) is 3.06. The van der Waals surface area contributed by atoms with Gasteiger partial charge in [0.25, 0.3) is 0 Å². The first-order valence-corrected chi connectivity index (χ1v) is 10.4. The van der Waals surface area contributed by atoms with Gasteiger partial charge in [-0.3, -0.25) is 14.6 Å². The maximum atomic E-state index is 13.3. The van der Waals surface area contributed by atoms with E-state index >= 15 is 0 Å². The SMILES string of the molecule is CC(C)C(NC(=O)C12CC3CC(CC(C3)C1)C2)C(=O)NCc1cccnc1. The Morgan fingerprint density at radius 3 is 2.30 bits per heavy atom. The highest BCUT2D eigenvalue weighted by Gasteiger charge is 2.55. The lowest BCUT2D eigenvalue weighted by Gasteiger charge is -2.55. The topological polar surface area (TPSA) is 71.1 Å². The van der Waals surface area contributed by atoms with Crippen molar-refractivity contribution < 1.29 is 9.59 Å². The largest absolute Gasteiger partial charge is 0.350 e. The highest BCUT2D eigenvalue weighted by molar-refractivity contribution is 5.90. The van der Waals surface area contributed by atoms with Crippen molar-refractivity contribution >= 4 is 11.8 Å². The molecule has 4 aliphatic rings. The van der Waals surface area contributed by atoms with Crippen molar-refractivity contribution in [2.45, 2.75) is 65.0 Å². The van der Waals surface area contributed by atoms with Crippen molar-refractivity contribution in [1.29, 1.82) is 0 Å². The summed E-state index contributed by atoms with van der Waals surface area (Å²) in [6.07, 6.45) is 10.5. The van der Waals surface area contributed by atoms with E-state index in [1.54, 1.807) is 12.4 Å². The summed E-state index contributed by atoms with van der Waals surface area (Å²) in [4.78, 5) is 30.1. The van der Waals surface area contributed by atoms with Crippen LogP contribution < -0.4 is 10.6 Å². The van der Waals surface area contributed by atoms with Gasteiger partial charge >= 0.3 is 0 Å². The molecule has 4 bridgehead atoms. The molecule has 4 fully saturated rings. The molecule has 5 nitrogen and oxygen atoms in total. The zero-order valence-electron chi connectivity index (χ0n) is 16.4. The first-order chi connectivity index (χ1) is 12.9. The summed E-state index contributed by atoms with van der Waals surface area (Å²) in [5, 5.41) is 6.11. The summed E-state index contributed by atoms with van der Waals surface area (Å²) in [6, 6.07) is 3.31. The first kappa shape index (κ1) is 18.5. The number of nitrogens with one attached hydrogen (secondary N) is 2. The van der Waals surface area contributed by atoms with Crippen LogP contribution in [0.4, 0.5) is 0 Å². The van der Waals surface area contributed by atoms with Crippen LogP contribution in [-0.4, -0.2) is 22.8 Å². The third kappa shape index (κ3) is 3.74. The van der Waals surface area contributed by atoms with E-state index < -0.39 is 6.04 Å². The molecule has 5 rings (SSSR count). The lowest BCUT2D eigenvalue weighted by molar-refractivity contribution is -0.149. The van der Waals surface area contributed by atoms with Gasteiger partial charge in [0.15, 0.2) is 0 Å². The second-order valence-electron chi connectivity index (χ2n) is 9.47. The van der Waals surface area contributed by atoms with Crippen LogP contribution >= 0.6 is 0 Å². The zero-order chi connectivity index (χ0) is 19.0. The molecular weight excluding hydrogens is 338 g/mol. The molecule has 2 amide bonds. The molecule has 0 spiro atoms. The molecule has 2 N–H and O–H groups in total. The second kappa shape index (κ2) is 7.25. The summed E-state index contributed by atoms with van der Waals surface area (Å²) in [6.45, 7) is 4.42. The summed E-state index contributed by atoms with van der Waals surface area (Å²) < 4.78 is 0. The van der Waals surface area contributed by atoms with Crippen LogP contribution in [0.5, 0.6) is 0 Å². The van der Waals surface area contributed by atoms with E-state index in [0.29, 0.717) is 6.54 Å². The standard InChI is InChI=1S/C22H31N3O2/c1-14(2)19(20(26)24-13-15-4-3-5-23-12-15)25-21(27)22-9-16-6-17(10-22)8-18(7-16)11-22/h3-5,12,14,16-19H,6-11,13H2,1-2H3,(H,24,26)(H,25,27).